The number of aliphatic hydroxyl groups is 1. The van der Waals surface area contributed by atoms with Crippen LogP contribution in [0.4, 0.5) is 18.9 Å². The van der Waals surface area contributed by atoms with Crippen molar-refractivity contribution in [1.82, 2.24) is 0 Å². The number of nitrogens with zero attached hydrogens (tertiary/aromatic N) is 1. The molecule has 6 nitrogen and oxygen atoms in total. The maximum absolute atomic E-state index is 13.6. The van der Waals surface area contributed by atoms with Crippen LogP contribution in [0.15, 0.2) is 88.5 Å². The standard InChI is InChI=1S/C26H15ClF3NO5/c27-16-6-9-19-14(10-16)11-20(36-19)23(33)21-22(13-4-7-18(32)8-5-13)31(25(35)24(21)34)17-3-1-2-15(12-17)26(28,29)30/h1-12,22,32,34H. The number of benzene rings is 3. The van der Waals surface area contributed by atoms with Crippen molar-refractivity contribution < 1.29 is 37.4 Å². The fourth-order valence-corrected chi connectivity index (χ4v) is 4.35. The molecule has 1 aliphatic heterocycles. The van der Waals surface area contributed by atoms with Crippen LogP contribution in [0, 0.1) is 0 Å². The van der Waals surface area contributed by atoms with Crippen molar-refractivity contribution in [3.05, 3.63) is 106 Å². The van der Waals surface area contributed by atoms with Gasteiger partial charge in [0.05, 0.1) is 17.2 Å². The predicted molar refractivity (Wildman–Crippen MR) is 125 cm³/mol. The molecule has 0 saturated heterocycles. The Morgan fingerprint density at radius 1 is 0.972 bits per heavy atom. The zero-order valence-corrected chi connectivity index (χ0v) is 18.8. The van der Waals surface area contributed by atoms with Crippen molar-refractivity contribution in [2.45, 2.75) is 12.2 Å². The highest BCUT2D eigenvalue weighted by Crippen LogP contribution is 2.44. The second-order valence-electron chi connectivity index (χ2n) is 8.10. The van der Waals surface area contributed by atoms with Crippen LogP contribution in [0.1, 0.15) is 27.7 Å². The number of ketones is 1. The number of hydrogen-bond donors (Lipinski definition) is 2. The molecule has 1 aliphatic rings. The first-order valence-corrected chi connectivity index (χ1v) is 10.9. The predicted octanol–water partition coefficient (Wildman–Crippen LogP) is 6.59. The number of halogens is 4. The minimum absolute atomic E-state index is 0.107. The Morgan fingerprint density at radius 2 is 1.69 bits per heavy atom. The van der Waals surface area contributed by atoms with Gasteiger partial charge in [-0.25, -0.2) is 0 Å². The summed E-state index contributed by atoms with van der Waals surface area (Å²) < 4.78 is 45.8. The van der Waals surface area contributed by atoms with Gasteiger partial charge >= 0.3 is 6.18 Å². The number of alkyl halides is 3. The second kappa shape index (κ2) is 8.46. The van der Waals surface area contributed by atoms with Gasteiger partial charge in [-0.15, -0.1) is 0 Å². The number of phenolic OH excluding ortho intramolecular Hbond substituents is 1. The van der Waals surface area contributed by atoms with Gasteiger partial charge in [0.15, 0.2) is 11.5 Å². The minimum Gasteiger partial charge on any atom is -0.508 e. The van der Waals surface area contributed by atoms with E-state index >= 15 is 0 Å². The number of fused-ring (bicyclic) bond motifs is 1. The fourth-order valence-electron chi connectivity index (χ4n) is 4.17. The summed E-state index contributed by atoms with van der Waals surface area (Å²) in [5.41, 5.74) is -0.967. The van der Waals surface area contributed by atoms with E-state index in [1.807, 2.05) is 0 Å². The number of hydrogen-bond acceptors (Lipinski definition) is 5. The number of phenols is 1. The van der Waals surface area contributed by atoms with Crippen molar-refractivity contribution in [1.29, 1.82) is 0 Å². The van der Waals surface area contributed by atoms with Gasteiger partial charge in [0.2, 0.25) is 5.78 Å². The molecule has 1 unspecified atom stereocenters. The van der Waals surface area contributed by atoms with Gasteiger partial charge in [0.1, 0.15) is 11.3 Å². The number of aromatic hydroxyl groups is 1. The summed E-state index contributed by atoms with van der Waals surface area (Å²) in [6, 6.07) is 14.2. The molecule has 1 amide bonds. The van der Waals surface area contributed by atoms with Gasteiger partial charge < -0.3 is 14.6 Å². The van der Waals surface area contributed by atoms with E-state index in [1.54, 1.807) is 18.2 Å². The molecule has 0 radical (unpaired) electrons. The molecule has 0 saturated carbocycles. The lowest BCUT2D eigenvalue weighted by Gasteiger charge is -2.27. The van der Waals surface area contributed by atoms with Crippen molar-refractivity contribution in [3.8, 4) is 5.75 Å². The molecule has 2 N–H and O–H groups in total. The Bertz CT molecular complexity index is 1560. The molecule has 2 heterocycles. The molecule has 0 fully saturated rings. The van der Waals surface area contributed by atoms with Crippen LogP contribution in [-0.2, 0) is 11.0 Å². The highest BCUT2D eigenvalue weighted by Gasteiger charge is 2.46. The van der Waals surface area contributed by atoms with Crippen LogP contribution >= 0.6 is 11.6 Å². The third kappa shape index (κ3) is 3.97. The summed E-state index contributed by atoms with van der Waals surface area (Å²) in [5.74, 6) is -3.12. The molecule has 10 heteroatoms. The average molecular weight is 514 g/mol. The number of carbonyl (C=O) groups is 2. The number of carbonyl (C=O) groups excluding carboxylic acids is 2. The summed E-state index contributed by atoms with van der Waals surface area (Å²) in [4.78, 5) is 27.6. The Kier molecular flexibility index (Phi) is 5.52. The molecular weight excluding hydrogens is 499 g/mol. The molecule has 0 aliphatic carbocycles. The largest absolute Gasteiger partial charge is 0.508 e. The molecule has 1 atom stereocenters. The highest BCUT2D eigenvalue weighted by molar-refractivity contribution is 6.31. The first-order chi connectivity index (χ1) is 17.0. The first kappa shape index (κ1) is 23.5. The Hall–Kier alpha value is -4.24. The summed E-state index contributed by atoms with van der Waals surface area (Å²) >= 11 is 6.00. The molecule has 36 heavy (non-hydrogen) atoms. The molecule has 3 aromatic carbocycles. The van der Waals surface area contributed by atoms with Crippen molar-refractivity contribution in [3.63, 3.8) is 0 Å². The SMILES string of the molecule is O=C(C1=C(O)C(=O)N(c2cccc(C(F)(F)F)c2)C1c1ccc(O)cc1)c1cc2cc(Cl)ccc2o1. The topological polar surface area (TPSA) is 91.0 Å². The van der Waals surface area contributed by atoms with Gasteiger partial charge in [0, 0.05) is 16.1 Å². The number of rotatable bonds is 4. The van der Waals surface area contributed by atoms with Crippen LogP contribution in [0.2, 0.25) is 5.02 Å². The monoisotopic (exact) mass is 513 g/mol. The van der Waals surface area contributed by atoms with Crippen LogP contribution in [0.25, 0.3) is 11.0 Å². The Morgan fingerprint density at radius 3 is 2.39 bits per heavy atom. The smallest absolute Gasteiger partial charge is 0.416 e. The second-order valence-corrected chi connectivity index (χ2v) is 8.54. The molecular formula is C26H15ClF3NO5. The summed E-state index contributed by atoms with van der Waals surface area (Å²) in [6.45, 7) is 0. The Labute approximate surface area is 206 Å². The zero-order valence-electron chi connectivity index (χ0n) is 18.1. The van der Waals surface area contributed by atoms with Crippen molar-refractivity contribution in [2.24, 2.45) is 0 Å². The lowest BCUT2D eigenvalue weighted by molar-refractivity contribution is -0.137. The molecule has 0 bridgehead atoms. The van der Waals surface area contributed by atoms with Crippen molar-refractivity contribution in [2.75, 3.05) is 4.90 Å². The maximum atomic E-state index is 13.6. The van der Waals surface area contributed by atoms with Gasteiger partial charge in [-0.1, -0.05) is 29.8 Å². The number of aliphatic hydroxyl groups excluding tert-OH is 1. The lowest BCUT2D eigenvalue weighted by Crippen LogP contribution is -2.31. The summed E-state index contributed by atoms with van der Waals surface area (Å²) in [7, 11) is 0. The third-order valence-electron chi connectivity index (χ3n) is 5.82. The lowest BCUT2D eigenvalue weighted by atomic mass is 9.94. The van der Waals surface area contributed by atoms with Crippen LogP contribution < -0.4 is 4.90 Å². The molecule has 0 spiro atoms. The number of furan rings is 1. The van der Waals surface area contributed by atoms with E-state index in [4.69, 9.17) is 16.0 Å². The van der Waals surface area contributed by atoms with Gasteiger partial charge in [-0.2, -0.15) is 13.2 Å². The van der Waals surface area contributed by atoms with Gasteiger partial charge in [-0.05, 0) is 60.2 Å². The zero-order chi connectivity index (χ0) is 25.8. The van der Waals surface area contributed by atoms with E-state index < -0.39 is 35.2 Å². The Balaban J connectivity index is 1.66. The molecule has 4 aromatic rings. The van der Waals surface area contributed by atoms with Crippen LogP contribution in [0.3, 0.4) is 0 Å². The summed E-state index contributed by atoms with van der Waals surface area (Å²) in [5, 5.41) is 21.4. The van der Waals surface area contributed by atoms with E-state index in [0.717, 1.165) is 23.1 Å². The molecule has 1 aromatic heterocycles. The number of Topliss-reactive ketones (excluding diaryl/α,β-unsaturated/α-hetero) is 1. The highest BCUT2D eigenvalue weighted by atomic mass is 35.5. The van der Waals surface area contributed by atoms with E-state index in [1.165, 1.54) is 36.4 Å². The normalized spacial score (nSPS) is 16.3. The van der Waals surface area contributed by atoms with Gasteiger partial charge in [-0.3, -0.25) is 14.5 Å². The number of amides is 1. The summed E-state index contributed by atoms with van der Waals surface area (Å²) in [6.07, 6.45) is -4.68. The van der Waals surface area contributed by atoms with E-state index in [9.17, 15) is 33.0 Å². The van der Waals surface area contributed by atoms with Crippen molar-refractivity contribution >= 4 is 39.9 Å². The third-order valence-corrected chi connectivity index (χ3v) is 6.05. The first-order valence-electron chi connectivity index (χ1n) is 10.5. The van der Waals surface area contributed by atoms with E-state index in [2.05, 4.69) is 0 Å². The van der Waals surface area contributed by atoms with E-state index in [0.29, 0.717) is 16.0 Å². The fraction of sp³-hybridized carbons (Fsp3) is 0.0769. The van der Waals surface area contributed by atoms with Crippen LogP contribution in [0.5, 0.6) is 5.75 Å². The number of anilines is 1. The van der Waals surface area contributed by atoms with E-state index in [-0.39, 0.29) is 28.3 Å². The van der Waals surface area contributed by atoms with Crippen LogP contribution in [-0.4, -0.2) is 21.9 Å². The molecule has 5 rings (SSSR count). The maximum Gasteiger partial charge on any atom is 0.416 e. The minimum atomic E-state index is -4.68. The average Bonchev–Trinajstić information content (AvgIpc) is 3.37. The quantitative estimate of drug-likeness (QED) is 0.300. The molecule has 182 valence electrons. The van der Waals surface area contributed by atoms with Gasteiger partial charge in [0.25, 0.3) is 5.91 Å².